The lowest BCUT2D eigenvalue weighted by Crippen LogP contribution is -2.42. The molecule has 0 unspecified atom stereocenters. The lowest BCUT2D eigenvalue weighted by molar-refractivity contribution is 0.328. The average Bonchev–Trinajstić information content (AvgIpc) is 3.35. The number of nitrogens with one attached hydrogen (secondary N) is 1. The van der Waals surface area contributed by atoms with Gasteiger partial charge in [0.05, 0.1) is 17.0 Å². The highest BCUT2D eigenvalue weighted by molar-refractivity contribution is 7.89. The fourth-order valence-electron chi connectivity index (χ4n) is 5.16. The fraction of sp³-hybridized carbons (Fsp3) is 0.458. The van der Waals surface area contributed by atoms with Crippen molar-refractivity contribution in [3.63, 3.8) is 0 Å². The van der Waals surface area contributed by atoms with E-state index in [9.17, 15) is 12.8 Å². The molecule has 3 aliphatic rings. The second-order valence-electron chi connectivity index (χ2n) is 9.76. The Labute approximate surface area is 214 Å². The summed E-state index contributed by atoms with van der Waals surface area (Å²) in [4.78, 5) is 15.5. The summed E-state index contributed by atoms with van der Waals surface area (Å²) in [6.45, 7) is 4.08. The molecule has 0 bridgehead atoms. The summed E-state index contributed by atoms with van der Waals surface area (Å²) in [5.74, 6) is 0.888. The molecule has 36 heavy (non-hydrogen) atoms. The van der Waals surface area contributed by atoms with Crippen LogP contribution >= 0.6 is 11.6 Å². The van der Waals surface area contributed by atoms with E-state index in [-0.39, 0.29) is 22.3 Å². The van der Waals surface area contributed by atoms with E-state index in [1.54, 1.807) is 23.2 Å². The Morgan fingerprint density at radius 2 is 2.00 bits per heavy atom. The van der Waals surface area contributed by atoms with Gasteiger partial charge in [-0.15, -0.1) is 0 Å². The van der Waals surface area contributed by atoms with Crippen LogP contribution in [0.15, 0.2) is 41.9 Å². The average molecular weight is 532 g/mol. The highest BCUT2D eigenvalue weighted by atomic mass is 35.5. The number of halogens is 2. The summed E-state index contributed by atoms with van der Waals surface area (Å²) in [6.07, 6.45) is 8.31. The maximum absolute atomic E-state index is 14.0. The van der Waals surface area contributed by atoms with E-state index in [1.165, 1.54) is 16.4 Å². The van der Waals surface area contributed by atoms with Gasteiger partial charge in [0.25, 0.3) is 10.0 Å². The summed E-state index contributed by atoms with van der Waals surface area (Å²) in [5.41, 5.74) is 1.68. The second-order valence-corrected chi connectivity index (χ2v) is 12.1. The molecule has 1 aromatic carbocycles. The number of hydrogen-bond acceptors (Lipinski definition) is 7. The van der Waals surface area contributed by atoms with Gasteiger partial charge in [-0.3, -0.25) is 0 Å². The zero-order chi connectivity index (χ0) is 25.1. The number of rotatable bonds is 6. The van der Waals surface area contributed by atoms with Gasteiger partial charge in [-0.2, -0.15) is 9.29 Å². The van der Waals surface area contributed by atoms with E-state index in [0.29, 0.717) is 55.7 Å². The molecule has 1 N–H and O–H groups in total. The number of piperidine rings is 1. The van der Waals surface area contributed by atoms with Crippen molar-refractivity contribution in [1.82, 2.24) is 23.8 Å². The molecule has 190 valence electrons. The first-order valence-electron chi connectivity index (χ1n) is 12.2. The number of fused-ring (bicyclic) bond motifs is 2. The second kappa shape index (κ2) is 8.67. The van der Waals surface area contributed by atoms with Crippen LogP contribution in [0, 0.1) is 5.82 Å². The van der Waals surface area contributed by atoms with Crippen LogP contribution < -0.4 is 10.2 Å². The highest BCUT2D eigenvalue weighted by Crippen LogP contribution is 2.58. The largest absolute Gasteiger partial charge is 0.351 e. The van der Waals surface area contributed by atoms with Gasteiger partial charge >= 0.3 is 0 Å². The highest BCUT2D eigenvalue weighted by Gasteiger charge is 2.53. The van der Waals surface area contributed by atoms with Gasteiger partial charge in [0.15, 0.2) is 5.03 Å². The SMILES string of the molecule is CCn1cnc(S(=O)(=O)N2CCC(Nc3ncc4c(n3)N(c3cc(F)ccc3Cl)CC43CC3)CC2)c1. The first-order valence-corrected chi connectivity index (χ1v) is 14.0. The van der Waals surface area contributed by atoms with Gasteiger partial charge in [-0.05, 0) is 50.8 Å². The van der Waals surface area contributed by atoms with Crippen molar-refractivity contribution in [2.45, 2.75) is 55.6 Å². The minimum atomic E-state index is -3.61. The van der Waals surface area contributed by atoms with Crippen molar-refractivity contribution in [3.05, 3.63) is 53.3 Å². The molecule has 2 aliphatic heterocycles. The fourth-order valence-corrected chi connectivity index (χ4v) is 6.78. The summed E-state index contributed by atoms with van der Waals surface area (Å²) in [5, 5.41) is 3.95. The molecule has 1 aliphatic carbocycles. The van der Waals surface area contributed by atoms with Gasteiger partial charge < -0.3 is 14.8 Å². The normalized spacial score (nSPS) is 19.6. The van der Waals surface area contributed by atoms with E-state index < -0.39 is 10.0 Å². The molecule has 1 spiro atoms. The van der Waals surface area contributed by atoms with Crippen molar-refractivity contribution in [3.8, 4) is 0 Å². The number of sulfonamides is 1. The molecule has 3 aromatic rings. The number of imidazole rings is 1. The van der Waals surface area contributed by atoms with Crippen LogP contribution in [-0.2, 0) is 22.0 Å². The zero-order valence-electron chi connectivity index (χ0n) is 19.9. The molecular formula is C24H27ClFN7O2S. The lowest BCUT2D eigenvalue weighted by Gasteiger charge is -2.31. The molecule has 1 saturated heterocycles. The van der Waals surface area contributed by atoms with Crippen LogP contribution in [0.25, 0.3) is 0 Å². The molecule has 6 rings (SSSR count). The molecule has 0 radical (unpaired) electrons. The summed E-state index contributed by atoms with van der Waals surface area (Å²) in [6, 6.07) is 4.40. The van der Waals surface area contributed by atoms with Crippen molar-refractivity contribution >= 4 is 39.1 Å². The quantitative estimate of drug-likeness (QED) is 0.514. The molecule has 4 heterocycles. The van der Waals surface area contributed by atoms with Gasteiger partial charge in [0.2, 0.25) is 5.95 Å². The van der Waals surface area contributed by atoms with Crippen LogP contribution in [-0.4, -0.2) is 57.9 Å². The van der Waals surface area contributed by atoms with Crippen LogP contribution in [0.3, 0.4) is 0 Å². The molecule has 12 heteroatoms. The lowest BCUT2D eigenvalue weighted by atomic mass is 10.0. The van der Waals surface area contributed by atoms with E-state index in [2.05, 4.69) is 15.3 Å². The van der Waals surface area contributed by atoms with Crippen molar-refractivity contribution in [2.24, 2.45) is 0 Å². The Morgan fingerprint density at radius 3 is 2.69 bits per heavy atom. The predicted octanol–water partition coefficient (Wildman–Crippen LogP) is 3.93. The molecule has 0 amide bonds. The first kappa shape index (κ1) is 23.6. The van der Waals surface area contributed by atoms with E-state index in [4.69, 9.17) is 16.6 Å². The Balaban J connectivity index is 1.18. The van der Waals surface area contributed by atoms with Gasteiger partial charge in [-0.25, -0.2) is 22.8 Å². The zero-order valence-corrected chi connectivity index (χ0v) is 21.4. The Hall–Kier alpha value is -2.76. The topological polar surface area (TPSA) is 96.2 Å². The summed E-state index contributed by atoms with van der Waals surface area (Å²) < 4.78 is 43.2. The van der Waals surface area contributed by atoms with Crippen LogP contribution in [0.1, 0.15) is 38.2 Å². The van der Waals surface area contributed by atoms with Gasteiger partial charge in [0, 0.05) is 55.6 Å². The number of benzene rings is 1. The molecule has 9 nitrogen and oxygen atoms in total. The number of nitrogens with zero attached hydrogens (tertiary/aromatic N) is 6. The van der Waals surface area contributed by atoms with Crippen molar-refractivity contribution < 1.29 is 12.8 Å². The molecule has 1 saturated carbocycles. The minimum absolute atomic E-state index is 0.00791. The smallest absolute Gasteiger partial charge is 0.262 e. The van der Waals surface area contributed by atoms with E-state index >= 15 is 0 Å². The van der Waals surface area contributed by atoms with E-state index in [1.807, 2.05) is 18.0 Å². The van der Waals surface area contributed by atoms with Crippen molar-refractivity contribution in [2.75, 3.05) is 29.9 Å². The van der Waals surface area contributed by atoms with Crippen LogP contribution in [0.5, 0.6) is 0 Å². The van der Waals surface area contributed by atoms with E-state index in [0.717, 1.165) is 24.2 Å². The maximum atomic E-state index is 14.0. The van der Waals surface area contributed by atoms with Crippen molar-refractivity contribution in [1.29, 1.82) is 0 Å². The monoisotopic (exact) mass is 531 g/mol. The Morgan fingerprint density at radius 1 is 1.22 bits per heavy atom. The molecule has 2 fully saturated rings. The van der Waals surface area contributed by atoms with Gasteiger partial charge in [-0.1, -0.05) is 11.6 Å². The molecule has 0 atom stereocenters. The molecular weight excluding hydrogens is 505 g/mol. The number of hydrogen-bond donors (Lipinski definition) is 1. The third kappa shape index (κ3) is 4.03. The Kier molecular flexibility index (Phi) is 5.69. The minimum Gasteiger partial charge on any atom is -0.351 e. The van der Waals surface area contributed by atoms with Crippen LogP contribution in [0.4, 0.5) is 21.8 Å². The number of aryl methyl sites for hydroxylation is 1. The molecule has 2 aromatic heterocycles. The summed E-state index contributed by atoms with van der Waals surface area (Å²) in [7, 11) is -3.61. The predicted molar refractivity (Wildman–Crippen MR) is 135 cm³/mol. The number of aromatic nitrogens is 4. The third-order valence-electron chi connectivity index (χ3n) is 7.48. The van der Waals surface area contributed by atoms with Gasteiger partial charge in [0.1, 0.15) is 11.6 Å². The summed E-state index contributed by atoms with van der Waals surface area (Å²) >= 11 is 6.43. The third-order valence-corrected chi connectivity index (χ3v) is 9.58. The number of anilines is 3. The van der Waals surface area contributed by atoms with Crippen LogP contribution in [0.2, 0.25) is 5.02 Å². The first-order chi connectivity index (χ1) is 17.3. The Bertz CT molecular complexity index is 1420. The maximum Gasteiger partial charge on any atom is 0.262 e. The standard InChI is InChI=1S/C24H27ClFN7O2S/c1-2-31-13-21(28-15-31)36(34,35)32-9-5-17(6-10-32)29-23-27-12-18-22(30-23)33(14-24(18)7-8-24)20-11-16(26)3-4-19(20)25/h3-4,11-13,15,17H,2,5-10,14H2,1H3,(H,27,29,30).